The molecule has 12 nitrogen and oxygen atoms in total. The second-order valence-corrected chi connectivity index (χ2v) is 19.2. The van der Waals surface area contributed by atoms with Gasteiger partial charge in [-0.05, 0) is 57.7 Å². The normalized spacial score (nSPS) is 12.9. The molecule has 6 rings (SSSR count). The molecule has 1 atom stereocenters. The molecule has 0 aliphatic heterocycles. The first-order chi connectivity index (χ1) is 22.5. The summed E-state index contributed by atoms with van der Waals surface area (Å²) in [7, 11) is 2.87. The van der Waals surface area contributed by atoms with Gasteiger partial charge in [0.05, 0.1) is 29.9 Å². The van der Waals surface area contributed by atoms with Gasteiger partial charge in [0.2, 0.25) is 0 Å². The fourth-order valence-electron chi connectivity index (χ4n) is 5.63. The van der Waals surface area contributed by atoms with Crippen LogP contribution >= 0.6 is 0 Å². The Bertz CT molecular complexity index is 2050. The van der Waals surface area contributed by atoms with Gasteiger partial charge in [0.1, 0.15) is 30.0 Å². The lowest BCUT2D eigenvalue weighted by Crippen LogP contribution is -2.29. The van der Waals surface area contributed by atoms with E-state index in [-0.39, 0.29) is 5.56 Å². The first kappa shape index (κ1) is 32.4. The van der Waals surface area contributed by atoms with Crippen LogP contribution in [0, 0.1) is 6.92 Å². The van der Waals surface area contributed by atoms with Crippen LogP contribution < -0.4 is 10.9 Å². The number of rotatable bonds is 13. The number of nitrogens with one attached hydrogen (secondary N) is 1. The Hall–Kier alpha value is -4.59. The first-order valence-corrected chi connectivity index (χ1v) is 19.7. The van der Waals surface area contributed by atoms with Gasteiger partial charge in [0.25, 0.3) is 5.56 Å². The highest BCUT2D eigenvalue weighted by molar-refractivity contribution is 6.76. The monoisotopic (exact) mass is 652 g/mol. The summed E-state index contributed by atoms with van der Waals surface area (Å²) >= 11 is 0. The second kappa shape index (κ2) is 13.3. The molecule has 0 fully saturated rings. The fourth-order valence-corrected chi connectivity index (χ4v) is 6.38. The minimum absolute atomic E-state index is 0.127. The van der Waals surface area contributed by atoms with Crippen LogP contribution in [0.15, 0.2) is 72.3 Å². The number of hydrogen-bond donors (Lipinski definition) is 1. The van der Waals surface area contributed by atoms with Gasteiger partial charge in [-0.15, -0.1) is 0 Å². The highest BCUT2D eigenvalue weighted by Gasteiger charge is 2.23. The van der Waals surface area contributed by atoms with E-state index >= 15 is 0 Å². The predicted octanol–water partition coefficient (Wildman–Crippen LogP) is 5.45. The lowest BCUT2D eigenvalue weighted by Gasteiger charge is -2.20. The number of fused-ring (bicyclic) bond motifs is 2. The molecule has 6 aromatic rings. The van der Waals surface area contributed by atoms with E-state index in [2.05, 4.69) is 61.4 Å². The van der Waals surface area contributed by atoms with Crippen LogP contribution in [-0.4, -0.2) is 78.7 Å². The molecule has 0 aliphatic carbocycles. The third-order valence-electron chi connectivity index (χ3n) is 8.27. The number of aryl methyl sites for hydroxylation is 1. The van der Waals surface area contributed by atoms with Crippen molar-refractivity contribution in [3.05, 3.63) is 89.3 Å². The maximum absolute atomic E-state index is 13.9. The summed E-state index contributed by atoms with van der Waals surface area (Å²) in [5, 5.41) is 14.0. The highest BCUT2D eigenvalue weighted by atomic mass is 28.3. The van der Waals surface area contributed by atoms with Crippen LogP contribution in [0.25, 0.3) is 33.4 Å². The van der Waals surface area contributed by atoms with Gasteiger partial charge in [-0.3, -0.25) is 14.0 Å². The summed E-state index contributed by atoms with van der Waals surface area (Å²) in [6.45, 7) is 13.7. The summed E-state index contributed by atoms with van der Waals surface area (Å²) in [6.07, 6.45) is 9.42. The van der Waals surface area contributed by atoms with Crippen LogP contribution in [0.4, 0.5) is 5.82 Å². The quantitative estimate of drug-likeness (QED) is 0.130. The van der Waals surface area contributed by atoms with Crippen molar-refractivity contribution in [1.29, 1.82) is 0 Å². The van der Waals surface area contributed by atoms with Crippen LogP contribution in [-0.2, 0) is 18.0 Å². The standard InChI is InChI=1S/C34H44N10O2Si/c1-24-13-14-43-30(24)34(45)44(27-11-9-8-10-12-27)32(39-43)25(2)38-31-29-28(26-19-37-42(20-26)16-15-40(3)4)21-41(33(29)36-22-35-31)23-46-17-18-47(5,6)7/h8-14,19-22,25H,15-18,23H2,1-7H3,(H,35,36,38). The molecule has 0 saturated heterocycles. The van der Waals surface area contributed by atoms with Crippen molar-refractivity contribution in [2.45, 2.75) is 58.9 Å². The Morgan fingerprint density at radius 3 is 2.60 bits per heavy atom. The van der Waals surface area contributed by atoms with E-state index in [1.807, 2.05) is 71.9 Å². The molecule has 0 bridgehead atoms. The fraction of sp³-hybridized carbons (Fsp3) is 0.382. The van der Waals surface area contributed by atoms with Crippen molar-refractivity contribution in [2.24, 2.45) is 0 Å². The molecule has 1 unspecified atom stereocenters. The van der Waals surface area contributed by atoms with E-state index in [1.165, 1.54) is 0 Å². The van der Waals surface area contributed by atoms with E-state index in [9.17, 15) is 4.79 Å². The summed E-state index contributed by atoms with van der Waals surface area (Å²) in [5.74, 6) is 1.19. The molecule has 0 aliphatic rings. The van der Waals surface area contributed by atoms with Gasteiger partial charge in [-0.25, -0.2) is 14.5 Å². The third kappa shape index (κ3) is 6.92. The van der Waals surface area contributed by atoms with Gasteiger partial charge in [-0.1, -0.05) is 37.8 Å². The molecule has 13 heteroatoms. The smallest absolute Gasteiger partial charge is 0.282 e. The molecular formula is C34H44N10O2Si. The minimum atomic E-state index is -1.24. The van der Waals surface area contributed by atoms with Crippen LogP contribution in [0.3, 0.4) is 0 Å². The average molecular weight is 653 g/mol. The average Bonchev–Trinajstić information content (AvgIpc) is 3.76. The minimum Gasteiger partial charge on any atom is -0.361 e. The van der Waals surface area contributed by atoms with Gasteiger partial charge < -0.3 is 19.5 Å². The first-order valence-electron chi connectivity index (χ1n) is 16.0. The molecule has 0 radical (unpaired) electrons. The number of aromatic nitrogens is 8. The number of hydrogen-bond acceptors (Lipinski definition) is 8. The van der Waals surface area contributed by atoms with E-state index in [1.54, 1.807) is 15.4 Å². The maximum atomic E-state index is 13.9. The summed E-state index contributed by atoms with van der Waals surface area (Å²) in [5.41, 5.74) is 4.71. The van der Waals surface area contributed by atoms with Crippen molar-refractivity contribution in [3.63, 3.8) is 0 Å². The third-order valence-corrected chi connectivity index (χ3v) is 9.97. The Morgan fingerprint density at radius 1 is 1.06 bits per heavy atom. The number of anilines is 1. The Morgan fingerprint density at radius 2 is 1.85 bits per heavy atom. The molecule has 5 aromatic heterocycles. The Labute approximate surface area is 275 Å². The molecule has 1 N–H and O–H groups in total. The van der Waals surface area contributed by atoms with E-state index < -0.39 is 14.1 Å². The van der Waals surface area contributed by atoms with Gasteiger partial charge in [0.15, 0.2) is 5.82 Å². The molecular weight excluding hydrogens is 609 g/mol. The van der Waals surface area contributed by atoms with E-state index in [4.69, 9.17) is 19.8 Å². The van der Waals surface area contributed by atoms with E-state index in [0.717, 1.165) is 52.5 Å². The van der Waals surface area contributed by atoms with Crippen molar-refractivity contribution in [3.8, 4) is 16.8 Å². The van der Waals surface area contributed by atoms with Crippen molar-refractivity contribution in [2.75, 3.05) is 32.6 Å². The molecule has 0 spiro atoms. The SMILES string of the molecule is Cc1ccn2nc(C(C)Nc3ncnc4c3c(-c3cnn(CCN(C)C)c3)cn4COCC[Si](C)(C)C)n(-c3ccccc3)c(=O)c12. The van der Waals surface area contributed by atoms with Gasteiger partial charge in [0, 0.05) is 50.9 Å². The van der Waals surface area contributed by atoms with Crippen molar-refractivity contribution in [1.82, 2.24) is 43.4 Å². The highest BCUT2D eigenvalue weighted by Crippen LogP contribution is 2.35. The Kier molecular flexibility index (Phi) is 9.13. The topological polar surface area (TPSA) is 112 Å². The maximum Gasteiger partial charge on any atom is 0.282 e. The van der Waals surface area contributed by atoms with E-state index in [0.29, 0.717) is 30.5 Å². The predicted molar refractivity (Wildman–Crippen MR) is 189 cm³/mol. The zero-order valence-electron chi connectivity index (χ0n) is 28.3. The van der Waals surface area contributed by atoms with Crippen LogP contribution in [0.2, 0.25) is 25.7 Å². The van der Waals surface area contributed by atoms with Gasteiger partial charge in [-0.2, -0.15) is 10.2 Å². The Balaban J connectivity index is 1.42. The number of ether oxygens (including phenoxy) is 1. The summed E-state index contributed by atoms with van der Waals surface area (Å²) < 4.78 is 13.5. The summed E-state index contributed by atoms with van der Waals surface area (Å²) in [4.78, 5) is 25.5. The van der Waals surface area contributed by atoms with Gasteiger partial charge >= 0.3 is 0 Å². The molecule has 0 saturated carbocycles. The molecule has 0 amide bonds. The van der Waals surface area contributed by atoms with Crippen LogP contribution in [0.1, 0.15) is 24.4 Å². The largest absolute Gasteiger partial charge is 0.361 e. The second-order valence-electron chi connectivity index (χ2n) is 13.6. The molecule has 47 heavy (non-hydrogen) atoms. The molecule has 5 heterocycles. The zero-order chi connectivity index (χ0) is 33.3. The lowest BCUT2D eigenvalue weighted by molar-refractivity contribution is 0.0899. The van der Waals surface area contributed by atoms with Crippen molar-refractivity contribution >= 4 is 30.4 Å². The van der Waals surface area contributed by atoms with Crippen LogP contribution in [0.5, 0.6) is 0 Å². The number of benzene rings is 1. The molecule has 246 valence electrons. The zero-order valence-corrected chi connectivity index (χ0v) is 29.3. The number of para-hydroxylation sites is 1. The lowest BCUT2D eigenvalue weighted by atomic mass is 10.1. The number of likely N-dealkylation sites (N-methyl/N-ethyl adjacent to an activating group) is 1. The van der Waals surface area contributed by atoms with Crippen molar-refractivity contribution < 1.29 is 4.74 Å². The number of nitrogens with zero attached hydrogens (tertiary/aromatic N) is 9. The summed E-state index contributed by atoms with van der Waals surface area (Å²) in [6, 6.07) is 12.2. The molecule has 1 aromatic carbocycles.